The van der Waals surface area contributed by atoms with E-state index in [2.05, 4.69) is 27.1 Å². The fourth-order valence-corrected chi connectivity index (χ4v) is 4.54. The minimum atomic E-state index is -0.271. The molecule has 35 heavy (non-hydrogen) atoms. The first-order valence-corrected chi connectivity index (χ1v) is 11.8. The first kappa shape index (κ1) is 22.9. The zero-order valence-electron chi connectivity index (χ0n) is 20.5. The second-order valence-electron chi connectivity index (χ2n) is 9.31. The molecule has 2 N–H and O–H groups in total. The molecule has 1 saturated heterocycles. The van der Waals surface area contributed by atoms with Crippen LogP contribution in [0.4, 0.5) is 11.5 Å². The fourth-order valence-electron chi connectivity index (χ4n) is 4.54. The molecule has 0 spiro atoms. The number of nitrogens with one attached hydrogen (secondary N) is 1. The minimum Gasteiger partial charge on any atom is -0.507 e. The molecule has 3 aromatic heterocycles. The number of benzene rings is 1. The third kappa shape index (κ3) is 4.44. The average Bonchev–Trinajstić information content (AvgIpc) is 3.30. The lowest BCUT2D eigenvalue weighted by atomic mass is 10.0. The Kier molecular flexibility index (Phi) is 5.90. The lowest BCUT2D eigenvalue weighted by molar-refractivity contribution is 0.102. The van der Waals surface area contributed by atoms with Crippen molar-refractivity contribution in [1.82, 2.24) is 19.3 Å². The Bertz CT molecular complexity index is 1400. The van der Waals surface area contributed by atoms with E-state index in [0.717, 1.165) is 59.9 Å². The van der Waals surface area contributed by atoms with Gasteiger partial charge >= 0.3 is 0 Å². The molecule has 0 saturated carbocycles. The summed E-state index contributed by atoms with van der Waals surface area (Å²) in [5.74, 6) is 0.892. The van der Waals surface area contributed by atoms with Crippen LogP contribution in [0, 0.1) is 20.8 Å². The van der Waals surface area contributed by atoms with E-state index in [1.165, 1.54) is 0 Å². The van der Waals surface area contributed by atoms with Gasteiger partial charge in [-0.1, -0.05) is 0 Å². The predicted molar refractivity (Wildman–Crippen MR) is 138 cm³/mol. The zero-order valence-corrected chi connectivity index (χ0v) is 20.5. The van der Waals surface area contributed by atoms with Gasteiger partial charge in [-0.05, 0) is 74.8 Å². The molecule has 1 aromatic carbocycles. The standard InChI is InChI=1S/C27H30N6O2/c1-17-13-20(14-18(2)25(17)34)22-6-5-19(3)33-16-23(30-26(22)33)27(35)29-21-7-8-28-24(15-21)32-11-9-31(4)10-12-32/h5-8,13-16,34H,9-12H2,1-4H3,(H,28,29,35). The molecule has 4 aromatic rings. The number of fused-ring (bicyclic) bond motifs is 1. The molecule has 180 valence electrons. The maximum atomic E-state index is 13.2. The van der Waals surface area contributed by atoms with Crippen LogP contribution in [0.2, 0.25) is 0 Å². The van der Waals surface area contributed by atoms with Crippen LogP contribution >= 0.6 is 0 Å². The Morgan fingerprint density at radius 3 is 2.43 bits per heavy atom. The van der Waals surface area contributed by atoms with Crippen molar-refractivity contribution in [3.8, 4) is 16.9 Å². The molecule has 1 fully saturated rings. The number of aromatic hydroxyl groups is 1. The van der Waals surface area contributed by atoms with E-state index in [9.17, 15) is 9.90 Å². The van der Waals surface area contributed by atoms with E-state index in [0.29, 0.717) is 22.8 Å². The number of carbonyl (C=O) groups excluding carboxylic acids is 1. The molecular weight excluding hydrogens is 440 g/mol. The Morgan fingerprint density at radius 2 is 1.71 bits per heavy atom. The molecule has 8 heteroatoms. The molecule has 0 atom stereocenters. The highest BCUT2D eigenvalue weighted by atomic mass is 16.3. The van der Waals surface area contributed by atoms with Gasteiger partial charge in [0.2, 0.25) is 0 Å². The molecule has 0 unspecified atom stereocenters. The van der Waals surface area contributed by atoms with Gasteiger partial charge in [-0.15, -0.1) is 0 Å². The monoisotopic (exact) mass is 470 g/mol. The first-order valence-electron chi connectivity index (χ1n) is 11.8. The largest absolute Gasteiger partial charge is 0.507 e. The van der Waals surface area contributed by atoms with Gasteiger partial charge in [-0.25, -0.2) is 9.97 Å². The number of nitrogens with zero attached hydrogens (tertiary/aromatic N) is 5. The van der Waals surface area contributed by atoms with Crippen molar-refractivity contribution in [2.45, 2.75) is 20.8 Å². The topological polar surface area (TPSA) is 86.0 Å². The number of aromatic nitrogens is 3. The summed E-state index contributed by atoms with van der Waals surface area (Å²) in [7, 11) is 2.12. The summed E-state index contributed by atoms with van der Waals surface area (Å²) in [6.07, 6.45) is 3.50. The van der Waals surface area contributed by atoms with E-state index in [1.54, 1.807) is 18.5 Å². The number of carbonyl (C=O) groups is 1. The van der Waals surface area contributed by atoms with E-state index >= 15 is 0 Å². The highest BCUT2D eigenvalue weighted by molar-refractivity contribution is 6.03. The second kappa shape index (κ2) is 9.03. The van der Waals surface area contributed by atoms with E-state index in [1.807, 2.05) is 55.5 Å². The molecule has 1 amide bonds. The lowest BCUT2D eigenvalue weighted by Crippen LogP contribution is -2.44. The molecule has 1 aliphatic heterocycles. The number of anilines is 2. The Labute approximate surface area is 204 Å². The number of piperazine rings is 1. The highest BCUT2D eigenvalue weighted by Gasteiger charge is 2.18. The second-order valence-corrected chi connectivity index (χ2v) is 9.31. The van der Waals surface area contributed by atoms with Crippen molar-refractivity contribution >= 4 is 23.1 Å². The third-order valence-corrected chi connectivity index (χ3v) is 6.68. The number of amides is 1. The number of hydrogen-bond acceptors (Lipinski definition) is 6. The third-order valence-electron chi connectivity index (χ3n) is 6.68. The average molecular weight is 471 g/mol. The van der Waals surface area contributed by atoms with Crippen LogP contribution in [0.3, 0.4) is 0 Å². The summed E-state index contributed by atoms with van der Waals surface area (Å²) >= 11 is 0. The van der Waals surface area contributed by atoms with Gasteiger partial charge in [-0.2, -0.15) is 0 Å². The summed E-state index contributed by atoms with van der Waals surface area (Å²) < 4.78 is 1.93. The number of imidazole rings is 1. The van der Waals surface area contributed by atoms with Crippen LogP contribution < -0.4 is 10.2 Å². The van der Waals surface area contributed by atoms with Gasteiger partial charge in [-0.3, -0.25) is 4.79 Å². The molecular formula is C27H30N6O2. The van der Waals surface area contributed by atoms with E-state index < -0.39 is 0 Å². The van der Waals surface area contributed by atoms with Crippen LogP contribution in [0.5, 0.6) is 5.75 Å². The minimum absolute atomic E-state index is 0.271. The van der Waals surface area contributed by atoms with Crippen LogP contribution in [0.15, 0.2) is 48.8 Å². The SMILES string of the molecule is Cc1cc(-c2ccc(C)n3cc(C(=O)Nc4ccnc(N5CCN(C)CC5)c4)nc23)cc(C)c1O. The van der Waals surface area contributed by atoms with Crippen molar-refractivity contribution in [2.75, 3.05) is 43.4 Å². The first-order chi connectivity index (χ1) is 16.8. The fraction of sp³-hybridized carbons (Fsp3) is 0.296. The van der Waals surface area contributed by atoms with Crippen molar-refractivity contribution in [3.63, 3.8) is 0 Å². The summed E-state index contributed by atoms with van der Waals surface area (Å²) in [6.45, 7) is 9.54. The highest BCUT2D eigenvalue weighted by Crippen LogP contribution is 2.32. The van der Waals surface area contributed by atoms with Crippen molar-refractivity contribution in [3.05, 3.63) is 71.3 Å². The number of hydrogen-bond donors (Lipinski definition) is 2. The number of pyridine rings is 2. The van der Waals surface area contributed by atoms with Crippen LogP contribution in [-0.4, -0.2) is 63.5 Å². The lowest BCUT2D eigenvalue weighted by Gasteiger charge is -2.33. The zero-order chi connectivity index (χ0) is 24.7. The van der Waals surface area contributed by atoms with Crippen molar-refractivity contribution < 1.29 is 9.90 Å². The van der Waals surface area contributed by atoms with Crippen LogP contribution in [-0.2, 0) is 0 Å². The Hall–Kier alpha value is -3.91. The summed E-state index contributed by atoms with van der Waals surface area (Å²) in [6, 6.07) is 11.6. The molecule has 1 aliphatic rings. The van der Waals surface area contributed by atoms with Gasteiger partial charge in [0.15, 0.2) is 0 Å². The summed E-state index contributed by atoms with van der Waals surface area (Å²) in [5.41, 5.74) is 6.17. The normalized spacial score (nSPS) is 14.5. The quantitative estimate of drug-likeness (QED) is 0.468. The maximum Gasteiger partial charge on any atom is 0.275 e. The molecule has 0 aliphatic carbocycles. The molecule has 0 bridgehead atoms. The molecule has 0 radical (unpaired) electrons. The number of phenolic OH excluding ortho intramolecular Hbond substituents is 1. The van der Waals surface area contributed by atoms with Crippen molar-refractivity contribution in [2.24, 2.45) is 0 Å². The Morgan fingerprint density at radius 1 is 1.00 bits per heavy atom. The molecule has 5 rings (SSSR count). The van der Waals surface area contributed by atoms with Gasteiger partial charge in [0, 0.05) is 61.6 Å². The summed E-state index contributed by atoms with van der Waals surface area (Å²) in [5, 5.41) is 13.2. The van der Waals surface area contributed by atoms with Gasteiger partial charge < -0.3 is 24.6 Å². The van der Waals surface area contributed by atoms with Crippen LogP contribution in [0.25, 0.3) is 16.8 Å². The molecule has 8 nitrogen and oxygen atoms in total. The van der Waals surface area contributed by atoms with Gasteiger partial charge in [0.1, 0.15) is 22.9 Å². The maximum absolute atomic E-state index is 13.2. The number of rotatable bonds is 4. The predicted octanol–water partition coefficient (Wildman–Crippen LogP) is 4.03. The summed E-state index contributed by atoms with van der Waals surface area (Å²) in [4.78, 5) is 26.9. The van der Waals surface area contributed by atoms with Crippen molar-refractivity contribution in [1.29, 1.82) is 0 Å². The number of likely N-dealkylation sites (N-methyl/N-ethyl adjacent to an activating group) is 1. The molecule has 4 heterocycles. The van der Waals surface area contributed by atoms with Crippen LogP contribution in [0.1, 0.15) is 27.3 Å². The van der Waals surface area contributed by atoms with Gasteiger partial charge in [0.05, 0.1) is 0 Å². The van der Waals surface area contributed by atoms with E-state index in [4.69, 9.17) is 4.98 Å². The number of phenols is 1. The number of aryl methyl sites for hydroxylation is 3. The van der Waals surface area contributed by atoms with Gasteiger partial charge in [0.25, 0.3) is 5.91 Å². The Balaban J connectivity index is 1.44. The van der Waals surface area contributed by atoms with E-state index in [-0.39, 0.29) is 5.91 Å². The smallest absolute Gasteiger partial charge is 0.275 e.